The minimum Gasteiger partial charge on any atom is -0.329 e. The Morgan fingerprint density at radius 2 is 1.29 bits per heavy atom. The van der Waals surface area contributed by atoms with Crippen molar-refractivity contribution in [1.29, 1.82) is 0 Å². The Kier molecular flexibility index (Phi) is 7.50. The highest BCUT2D eigenvalue weighted by Crippen LogP contribution is 2.28. The summed E-state index contributed by atoms with van der Waals surface area (Å²) in [5.41, 5.74) is 8.75. The topological polar surface area (TPSA) is 59.7 Å². The zero-order valence-electron chi connectivity index (χ0n) is 20.4. The number of halogens is 2. The van der Waals surface area contributed by atoms with Gasteiger partial charge < -0.3 is 10.6 Å². The highest BCUT2D eigenvalue weighted by Gasteiger charge is 2.18. The summed E-state index contributed by atoms with van der Waals surface area (Å²) in [6.07, 6.45) is 0. The van der Waals surface area contributed by atoms with E-state index >= 15 is 0 Å². The summed E-state index contributed by atoms with van der Waals surface area (Å²) in [6, 6.07) is 13.8. The van der Waals surface area contributed by atoms with Crippen LogP contribution in [-0.2, 0) is 13.1 Å². The molecule has 4 rings (SSSR count). The molecule has 0 aliphatic heterocycles. The summed E-state index contributed by atoms with van der Waals surface area (Å²) in [6.45, 7) is 11.3. The lowest BCUT2D eigenvalue weighted by molar-refractivity contribution is 0.657. The molecule has 0 atom stereocenters. The van der Waals surface area contributed by atoms with Crippen LogP contribution in [0.1, 0.15) is 39.5 Å². The molecule has 0 saturated carbocycles. The van der Waals surface area contributed by atoms with Crippen molar-refractivity contribution in [1.82, 2.24) is 19.6 Å². The predicted molar refractivity (Wildman–Crippen MR) is 149 cm³/mol. The van der Waals surface area contributed by atoms with Gasteiger partial charge in [0.1, 0.15) is 0 Å². The third-order valence-electron chi connectivity index (χ3n) is 6.19. The summed E-state index contributed by atoms with van der Waals surface area (Å²) in [7, 11) is 0. The smallest absolute Gasteiger partial charge is 0.175 e. The molecule has 9 heteroatoms. The van der Waals surface area contributed by atoms with Crippen molar-refractivity contribution >= 4 is 51.9 Å². The number of aromatic nitrogens is 4. The Bertz CT molecular complexity index is 1390. The van der Waals surface area contributed by atoms with E-state index < -0.39 is 0 Å². The molecule has 35 heavy (non-hydrogen) atoms. The first kappa shape index (κ1) is 25.2. The fourth-order valence-corrected chi connectivity index (χ4v) is 4.82. The number of hydrogen-bond acceptors (Lipinski definition) is 3. The van der Waals surface area contributed by atoms with Gasteiger partial charge in [0, 0.05) is 15.6 Å². The second kappa shape index (κ2) is 10.4. The van der Waals surface area contributed by atoms with Crippen LogP contribution in [0.2, 0.25) is 10.0 Å². The van der Waals surface area contributed by atoms with Gasteiger partial charge in [0.2, 0.25) is 0 Å². The molecule has 6 nitrogen and oxygen atoms in total. The molecule has 0 spiro atoms. The predicted octanol–water partition coefficient (Wildman–Crippen LogP) is 6.83. The van der Waals surface area contributed by atoms with Gasteiger partial charge in [0.25, 0.3) is 0 Å². The van der Waals surface area contributed by atoms with Crippen LogP contribution in [-0.4, -0.2) is 24.7 Å². The number of benzene rings is 2. The van der Waals surface area contributed by atoms with Crippen molar-refractivity contribution < 1.29 is 0 Å². The number of rotatable bonds is 6. The van der Waals surface area contributed by atoms with Crippen molar-refractivity contribution in [2.75, 3.05) is 10.6 Å². The second-order valence-corrected chi connectivity index (χ2v) is 9.84. The Morgan fingerprint density at radius 3 is 1.83 bits per heavy atom. The number of aryl methyl sites for hydroxylation is 3. The molecule has 2 aromatic carbocycles. The number of hydrogen-bond donors (Lipinski definition) is 2. The molecule has 0 radical (unpaired) electrons. The minimum atomic E-state index is 0.469. The molecule has 0 unspecified atom stereocenters. The fraction of sp³-hybridized carbons (Fsp3) is 0.269. The van der Waals surface area contributed by atoms with Crippen LogP contribution < -0.4 is 10.6 Å². The monoisotopic (exact) mass is 526 g/mol. The number of anilines is 2. The van der Waals surface area contributed by atoms with Gasteiger partial charge in [-0.1, -0.05) is 53.5 Å². The fourth-order valence-electron chi connectivity index (χ4n) is 4.10. The van der Waals surface area contributed by atoms with Gasteiger partial charge in [0.05, 0.1) is 47.2 Å². The molecule has 2 heterocycles. The van der Waals surface area contributed by atoms with Gasteiger partial charge in [-0.3, -0.25) is 9.36 Å². The van der Waals surface area contributed by atoms with Crippen LogP contribution in [0.15, 0.2) is 42.5 Å². The highest BCUT2D eigenvalue weighted by molar-refractivity contribution is 7.80. The van der Waals surface area contributed by atoms with E-state index in [1.54, 1.807) is 0 Å². The SMILES string of the molecule is Cc1ccccc1Cn1nc(C)c(NC(=S)Nc2c(C)nn(Cc3c(Cl)cccc3Cl)c2C)c1C. The second-order valence-electron chi connectivity index (χ2n) is 8.61. The van der Waals surface area contributed by atoms with Gasteiger partial charge in [-0.05, 0) is 70.1 Å². The Hall–Kier alpha value is -2.87. The number of nitrogens with zero attached hydrogens (tertiary/aromatic N) is 4. The van der Waals surface area contributed by atoms with Crippen molar-refractivity contribution in [3.63, 3.8) is 0 Å². The quantitative estimate of drug-likeness (QED) is 0.269. The maximum absolute atomic E-state index is 6.36. The molecule has 0 aliphatic rings. The van der Waals surface area contributed by atoms with Gasteiger partial charge in [0.15, 0.2) is 5.11 Å². The van der Waals surface area contributed by atoms with E-state index in [0.29, 0.717) is 28.2 Å². The first-order chi connectivity index (χ1) is 16.7. The Balaban J connectivity index is 1.50. The minimum absolute atomic E-state index is 0.469. The summed E-state index contributed by atoms with van der Waals surface area (Å²) >= 11 is 18.4. The lowest BCUT2D eigenvalue weighted by atomic mass is 10.1. The van der Waals surface area contributed by atoms with E-state index in [4.69, 9.17) is 40.5 Å². The number of nitrogens with one attached hydrogen (secondary N) is 2. The first-order valence-corrected chi connectivity index (χ1v) is 12.5. The van der Waals surface area contributed by atoms with Crippen LogP contribution in [0, 0.1) is 34.6 Å². The molecule has 2 aromatic heterocycles. The lowest BCUT2D eigenvalue weighted by Gasteiger charge is -2.13. The van der Waals surface area contributed by atoms with Crippen LogP contribution in [0.5, 0.6) is 0 Å². The largest absolute Gasteiger partial charge is 0.329 e. The van der Waals surface area contributed by atoms with Gasteiger partial charge >= 0.3 is 0 Å². The van der Waals surface area contributed by atoms with Crippen molar-refractivity contribution in [2.45, 2.75) is 47.7 Å². The molecular weight excluding hydrogens is 499 g/mol. The maximum Gasteiger partial charge on any atom is 0.175 e. The molecule has 0 saturated heterocycles. The molecule has 0 amide bonds. The molecule has 0 bridgehead atoms. The van der Waals surface area contributed by atoms with Crippen LogP contribution >= 0.6 is 35.4 Å². The summed E-state index contributed by atoms with van der Waals surface area (Å²) in [5.74, 6) is 0. The summed E-state index contributed by atoms with van der Waals surface area (Å²) < 4.78 is 3.88. The zero-order valence-corrected chi connectivity index (χ0v) is 22.7. The van der Waals surface area contributed by atoms with E-state index in [1.807, 2.05) is 61.3 Å². The van der Waals surface area contributed by atoms with Gasteiger partial charge in [-0.2, -0.15) is 10.2 Å². The number of thiocarbonyl (C=S) groups is 1. The summed E-state index contributed by atoms with van der Waals surface area (Å²) in [4.78, 5) is 0. The average molecular weight is 528 g/mol. The summed E-state index contributed by atoms with van der Waals surface area (Å²) in [5, 5.41) is 17.8. The zero-order chi connectivity index (χ0) is 25.3. The van der Waals surface area contributed by atoms with Crippen LogP contribution in [0.25, 0.3) is 0 Å². The van der Waals surface area contributed by atoms with Crippen molar-refractivity contribution in [3.05, 3.63) is 92.0 Å². The molecule has 182 valence electrons. The van der Waals surface area contributed by atoms with E-state index in [1.165, 1.54) is 11.1 Å². The molecule has 0 aliphatic carbocycles. The standard InChI is InChI=1S/C26H28Cl2N6S/c1-15-9-6-7-10-20(15)13-33-18(4)24(16(2)31-33)29-26(35)30-25-17(3)32-34(19(25)5)14-21-22(27)11-8-12-23(21)28/h6-12H,13-14H2,1-5H3,(H2,29,30,35). The molecule has 2 N–H and O–H groups in total. The maximum atomic E-state index is 6.36. The van der Waals surface area contributed by atoms with E-state index in [2.05, 4.69) is 40.9 Å². The normalized spacial score (nSPS) is 11.1. The van der Waals surface area contributed by atoms with Crippen LogP contribution in [0.4, 0.5) is 11.4 Å². The van der Waals surface area contributed by atoms with E-state index in [-0.39, 0.29) is 0 Å². The molecule has 0 fully saturated rings. The van der Waals surface area contributed by atoms with Crippen molar-refractivity contribution in [3.8, 4) is 0 Å². The van der Waals surface area contributed by atoms with Gasteiger partial charge in [-0.25, -0.2) is 0 Å². The van der Waals surface area contributed by atoms with E-state index in [9.17, 15) is 0 Å². The lowest BCUT2D eigenvalue weighted by Crippen LogP contribution is -2.21. The van der Waals surface area contributed by atoms with E-state index in [0.717, 1.165) is 39.7 Å². The Labute approximate surface area is 221 Å². The average Bonchev–Trinajstić information content (AvgIpc) is 3.22. The third kappa shape index (κ3) is 5.37. The van der Waals surface area contributed by atoms with Gasteiger partial charge in [-0.15, -0.1) is 0 Å². The Morgan fingerprint density at radius 1 is 0.771 bits per heavy atom. The van der Waals surface area contributed by atoms with Crippen molar-refractivity contribution in [2.24, 2.45) is 0 Å². The highest BCUT2D eigenvalue weighted by atomic mass is 35.5. The molecular formula is C26H28Cl2N6S. The third-order valence-corrected chi connectivity index (χ3v) is 7.10. The van der Waals surface area contributed by atoms with Crippen LogP contribution in [0.3, 0.4) is 0 Å². The first-order valence-electron chi connectivity index (χ1n) is 11.3. The molecule has 4 aromatic rings.